The molecule has 3 aromatic carbocycles. The maximum Gasteiger partial charge on any atom is 0.234 e. The lowest BCUT2D eigenvalue weighted by Gasteiger charge is -2.13. The number of rotatable bonds is 7. The summed E-state index contributed by atoms with van der Waals surface area (Å²) in [5, 5.41) is 22.7. The van der Waals surface area contributed by atoms with Gasteiger partial charge in [-0.1, -0.05) is 66.7 Å². The van der Waals surface area contributed by atoms with Crippen LogP contribution in [0.1, 0.15) is 23.6 Å². The van der Waals surface area contributed by atoms with Crippen molar-refractivity contribution in [3.8, 4) is 22.8 Å². The minimum absolute atomic E-state index is 0.105. The molecular formula is C26H26N4O2S. The average Bonchev–Trinajstić information content (AvgIpc) is 3.23. The first-order valence-corrected chi connectivity index (χ1v) is 11.8. The second-order valence-corrected chi connectivity index (χ2v) is 8.74. The van der Waals surface area contributed by atoms with Crippen molar-refractivity contribution in [1.82, 2.24) is 14.8 Å². The lowest BCUT2D eigenvalue weighted by molar-refractivity contribution is -0.113. The van der Waals surface area contributed by atoms with E-state index in [1.165, 1.54) is 11.8 Å². The summed E-state index contributed by atoms with van der Waals surface area (Å²) < 4.78 is 1.87. The molecule has 0 spiro atoms. The summed E-state index contributed by atoms with van der Waals surface area (Å²) in [4.78, 5) is 12.8. The molecule has 1 amide bonds. The van der Waals surface area contributed by atoms with Crippen LogP contribution in [0.5, 0.6) is 5.75 Å². The van der Waals surface area contributed by atoms with Crippen LogP contribution >= 0.6 is 11.8 Å². The third-order valence-corrected chi connectivity index (χ3v) is 6.34. The number of aromatic hydroxyl groups is 1. The van der Waals surface area contributed by atoms with E-state index >= 15 is 0 Å². The smallest absolute Gasteiger partial charge is 0.234 e. The molecule has 33 heavy (non-hydrogen) atoms. The van der Waals surface area contributed by atoms with Crippen LogP contribution in [0.4, 0.5) is 5.69 Å². The zero-order chi connectivity index (χ0) is 23.4. The van der Waals surface area contributed by atoms with E-state index in [1.54, 1.807) is 18.2 Å². The molecule has 0 atom stereocenters. The van der Waals surface area contributed by atoms with Crippen LogP contribution in [0, 0.1) is 13.8 Å². The highest BCUT2D eigenvalue weighted by Crippen LogP contribution is 2.33. The van der Waals surface area contributed by atoms with Gasteiger partial charge in [0.2, 0.25) is 5.91 Å². The standard InChI is InChI=1S/C26H26N4O2S/c1-4-19-9-7-8-18(3)24(19)27-23(32)16-33-26-29-28-25(21-10-5-6-11-22(21)31)30(26)20-14-12-17(2)13-15-20/h5-15,31H,4,16H2,1-3H3,(H,27,32). The fourth-order valence-electron chi connectivity index (χ4n) is 3.63. The number of aromatic nitrogens is 3. The first kappa shape index (κ1) is 22.6. The maximum absolute atomic E-state index is 12.8. The highest BCUT2D eigenvalue weighted by molar-refractivity contribution is 7.99. The fraction of sp³-hybridized carbons (Fsp3) is 0.192. The summed E-state index contributed by atoms with van der Waals surface area (Å²) in [7, 11) is 0. The van der Waals surface area contributed by atoms with E-state index in [0.29, 0.717) is 16.5 Å². The predicted octanol–water partition coefficient (Wildman–Crippen LogP) is 5.55. The van der Waals surface area contributed by atoms with Gasteiger partial charge < -0.3 is 10.4 Å². The second-order valence-electron chi connectivity index (χ2n) is 7.79. The van der Waals surface area contributed by atoms with Gasteiger partial charge in [0, 0.05) is 11.4 Å². The van der Waals surface area contributed by atoms with Gasteiger partial charge in [0.25, 0.3) is 0 Å². The number of aryl methyl sites for hydroxylation is 3. The molecule has 0 saturated carbocycles. The molecule has 1 heterocycles. The van der Waals surface area contributed by atoms with Gasteiger partial charge >= 0.3 is 0 Å². The summed E-state index contributed by atoms with van der Waals surface area (Å²) in [6.07, 6.45) is 0.843. The van der Waals surface area contributed by atoms with E-state index in [4.69, 9.17) is 0 Å². The third-order valence-electron chi connectivity index (χ3n) is 5.41. The Morgan fingerprint density at radius 1 is 1.00 bits per heavy atom. The summed E-state index contributed by atoms with van der Waals surface area (Å²) in [5.74, 6) is 0.722. The number of hydrogen-bond acceptors (Lipinski definition) is 5. The van der Waals surface area contributed by atoms with Gasteiger partial charge in [-0.05, 0) is 55.7 Å². The number of phenols is 1. The largest absolute Gasteiger partial charge is 0.507 e. The number of anilines is 1. The number of amides is 1. The number of hydrogen-bond donors (Lipinski definition) is 2. The third kappa shape index (κ3) is 4.93. The molecule has 1 aromatic heterocycles. The average molecular weight is 459 g/mol. The van der Waals surface area contributed by atoms with Crippen LogP contribution in [0.2, 0.25) is 0 Å². The molecule has 6 nitrogen and oxygen atoms in total. The Labute approximate surface area is 197 Å². The number of thioether (sulfide) groups is 1. The molecule has 7 heteroatoms. The Bertz CT molecular complexity index is 1280. The quantitative estimate of drug-likeness (QED) is 0.355. The van der Waals surface area contributed by atoms with Crippen LogP contribution in [-0.2, 0) is 11.2 Å². The van der Waals surface area contributed by atoms with Crippen molar-refractivity contribution >= 4 is 23.4 Å². The molecule has 0 aliphatic carbocycles. The van der Waals surface area contributed by atoms with Crippen molar-refractivity contribution in [3.05, 3.63) is 83.4 Å². The predicted molar refractivity (Wildman–Crippen MR) is 133 cm³/mol. The topological polar surface area (TPSA) is 80.0 Å². The summed E-state index contributed by atoms with van der Waals surface area (Å²) in [6, 6.07) is 21.0. The van der Waals surface area contributed by atoms with Crippen LogP contribution in [-0.4, -0.2) is 31.5 Å². The first-order valence-electron chi connectivity index (χ1n) is 10.8. The molecule has 0 saturated heterocycles. The molecule has 4 rings (SSSR count). The van der Waals surface area contributed by atoms with Crippen LogP contribution in [0.15, 0.2) is 71.9 Å². The molecular weight excluding hydrogens is 432 g/mol. The van der Waals surface area contributed by atoms with Crippen molar-refractivity contribution in [2.75, 3.05) is 11.1 Å². The van der Waals surface area contributed by atoms with Gasteiger partial charge in [-0.25, -0.2) is 0 Å². The zero-order valence-electron chi connectivity index (χ0n) is 18.9. The molecule has 0 aliphatic heterocycles. The monoisotopic (exact) mass is 458 g/mol. The van der Waals surface area contributed by atoms with E-state index in [2.05, 4.69) is 22.4 Å². The molecule has 0 bridgehead atoms. The van der Waals surface area contributed by atoms with Crippen molar-refractivity contribution in [1.29, 1.82) is 0 Å². The Morgan fingerprint density at radius 3 is 2.48 bits per heavy atom. The summed E-state index contributed by atoms with van der Waals surface area (Å²) in [5.41, 5.74) is 5.60. The normalized spacial score (nSPS) is 10.9. The van der Waals surface area contributed by atoms with E-state index in [9.17, 15) is 9.90 Å². The highest BCUT2D eigenvalue weighted by atomic mass is 32.2. The molecule has 0 unspecified atom stereocenters. The lowest BCUT2D eigenvalue weighted by Crippen LogP contribution is -2.16. The fourth-order valence-corrected chi connectivity index (χ4v) is 4.39. The summed E-state index contributed by atoms with van der Waals surface area (Å²) >= 11 is 1.31. The number of phenolic OH excluding ortho intramolecular Hbond substituents is 1. The lowest BCUT2D eigenvalue weighted by atomic mass is 10.1. The van der Waals surface area contributed by atoms with Crippen molar-refractivity contribution < 1.29 is 9.90 Å². The Morgan fingerprint density at radius 2 is 1.76 bits per heavy atom. The number of benzene rings is 3. The van der Waals surface area contributed by atoms with Gasteiger partial charge in [0.15, 0.2) is 11.0 Å². The van der Waals surface area contributed by atoms with Crippen molar-refractivity contribution in [2.45, 2.75) is 32.3 Å². The number of nitrogens with one attached hydrogen (secondary N) is 1. The van der Waals surface area contributed by atoms with E-state index in [1.807, 2.05) is 66.9 Å². The van der Waals surface area contributed by atoms with Crippen molar-refractivity contribution in [2.24, 2.45) is 0 Å². The van der Waals surface area contributed by atoms with Crippen LogP contribution in [0.25, 0.3) is 17.1 Å². The Kier molecular flexibility index (Phi) is 6.79. The van der Waals surface area contributed by atoms with Gasteiger partial charge in [-0.15, -0.1) is 10.2 Å². The second kappa shape index (κ2) is 9.92. The van der Waals surface area contributed by atoms with Crippen molar-refractivity contribution in [3.63, 3.8) is 0 Å². The number of carbonyl (C=O) groups excluding carboxylic acids is 1. The van der Waals surface area contributed by atoms with E-state index in [0.717, 1.165) is 34.5 Å². The number of carbonyl (C=O) groups is 1. The molecule has 2 N–H and O–H groups in total. The molecule has 0 aliphatic rings. The SMILES string of the molecule is CCc1cccc(C)c1NC(=O)CSc1nnc(-c2ccccc2O)n1-c1ccc(C)cc1. The minimum atomic E-state index is -0.105. The maximum atomic E-state index is 12.8. The van der Waals surface area contributed by atoms with Crippen LogP contribution in [0.3, 0.4) is 0 Å². The van der Waals surface area contributed by atoms with Gasteiger partial charge in [-0.3, -0.25) is 9.36 Å². The number of para-hydroxylation sites is 2. The van der Waals surface area contributed by atoms with Gasteiger partial charge in [-0.2, -0.15) is 0 Å². The van der Waals surface area contributed by atoms with E-state index < -0.39 is 0 Å². The Balaban J connectivity index is 1.63. The highest BCUT2D eigenvalue weighted by Gasteiger charge is 2.19. The van der Waals surface area contributed by atoms with E-state index in [-0.39, 0.29) is 17.4 Å². The first-order chi connectivity index (χ1) is 16.0. The van der Waals surface area contributed by atoms with Crippen LogP contribution < -0.4 is 5.32 Å². The Hall–Kier alpha value is -3.58. The van der Waals surface area contributed by atoms with Gasteiger partial charge in [0.1, 0.15) is 5.75 Å². The minimum Gasteiger partial charge on any atom is -0.507 e. The zero-order valence-corrected chi connectivity index (χ0v) is 19.7. The molecule has 0 radical (unpaired) electrons. The number of nitrogens with zero attached hydrogens (tertiary/aromatic N) is 3. The van der Waals surface area contributed by atoms with Gasteiger partial charge in [0.05, 0.1) is 11.3 Å². The molecule has 0 fully saturated rings. The molecule has 168 valence electrons. The summed E-state index contributed by atoms with van der Waals surface area (Å²) in [6.45, 7) is 6.09. The molecule has 4 aromatic rings.